The Hall–Kier alpha value is -1.14. The van der Waals surface area contributed by atoms with Crippen molar-refractivity contribution in [3.05, 3.63) is 22.7 Å². The Morgan fingerprint density at radius 2 is 1.79 bits per heavy atom. The van der Waals surface area contributed by atoms with Gasteiger partial charge in [-0.05, 0) is 18.1 Å². The van der Waals surface area contributed by atoms with Crippen molar-refractivity contribution >= 4 is 11.6 Å². The van der Waals surface area contributed by atoms with Crippen LogP contribution >= 0.6 is 11.6 Å². The summed E-state index contributed by atoms with van der Waals surface area (Å²) < 4.78 is 47.2. The van der Waals surface area contributed by atoms with Crippen LogP contribution in [-0.2, 0) is 0 Å². The minimum absolute atomic E-state index is 0.219. The van der Waals surface area contributed by atoms with E-state index in [0.717, 1.165) is 0 Å². The molecule has 7 heteroatoms. The molecule has 1 aromatic carbocycles. The highest BCUT2D eigenvalue weighted by Gasteiger charge is 2.28. The number of hydrogen-bond acceptors (Lipinski definition) is 3. The minimum atomic E-state index is -4.22. The van der Waals surface area contributed by atoms with Crippen LogP contribution in [0, 0.1) is 0 Å². The van der Waals surface area contributed by atoms with E-state index >= 15 is 0 Å². The molecule has 1 aromatic rings. The summed E-state index contributed by atoms with van der Waals surface area (Å²) in [5.41, 5.74) is 6.20. The molecule has 0 aromatic heterocycles. The predicted octanol–water partition coefficient (Wildman–Crippen LogP) is 3.45. The number of ether oxygens (including phenoxy) is 2. The molecule has 0 spiro atoms. The molecule has 0 saturated carbocycles. The molecule has 1 heterocycles. The maximum atomic E-state index is 12.2. The van der Waals surface area contributed by atoms with E-state index in [9.17, 15) is 13.2 Å². The van der Waals surface area contributed by atoms with Crippen molar-refractivity contribution in [2.24, 2.45) is 5.73 Å². The highest BCUT2D eigenvalue weighted by molar-refractivity contribution is 6.31. The van der Waals surface area contributed by atoms with Crippen molar-refractivity contribution in [2.75, 3.05) is 13.2 Å². The Labute approximate surface area is 113 Å². The van der Waals surface area contributed by atoms with Crippen LogP contribution in [-0.4, -0.2) is 19.4 Å². The van der Waals surface area contributed by atoms with Crippen LogP contribution in [0.3, 0.4) is 0 Å². The topological polar surface area (TPSA) is 44.5 Å². The smallest absolute Gasteiger partial charge is 0.389 e. The second-order valence-electron chi connectivity index (χ2n) is 4.28. The van der Waals surface area contributed by atoms with Crippen molar-refractivity contribution in [2.45, 2.75) is 25.1 Å². The van der Waals surface area contributed by atoms with Gasteiger partial charge in [0.1, 0.15) is 13.2 Å². The van der Waals surface area contributed by atoms with Crippen LogP contribution in [0.4, 0.5) is 13.2 Å². The summed E-state index contributed by atoms with van der Waals surface area (Å²) in [4.78, 5) is 0. The predicted molar refractivity (Wildman–Crippen MR) is 64.7 cm³/mol. The lowest BCUT2D eigenvalue weighted by Crippen LogP contribution is -2.18. The molecule has 1 unspecified atom stereocenters. The van der Waals surface area contributed by atoms with Crippen LogP contribution in [0.15, 0.2) is 12.1 Å². The molecule has 1 atom stereocenters. The number of fused-ring (bicyclic) bond motifs is 1. The molecular weight excluding hydrogens is 283 g/mol. The number of hydrogen-bond donors (Lipinski definition) is 1. The lowest BCUT2D eigenvalue weighted by Gasteiger charge is -2.22. The Morgan fingerprint density at radius 1 is 1.21 bits per heavy atom. The fourth-order valence-electron chi connectivity index (χ4n) is 1.84. The molecule has 0 radical (unpaired) electrons. The van der Waals surface area contributed by atoms with Crippen LogP contribution < -0.4 is 15.2 Å². The first kappa shape index (κ1) is 14.3. The molecule has 2 N–H and O–H groups in total. The number of benzene rings is 1. The van der Waals surface area contributed by atoms with Gasteiger partial charge in [0.05, 0.1) is 0 Å². The van der Waals surface area contributed by atoms with E-state index in [4.69, 9.17) is 26.8 Å². The van der Waals surface area contributed by atoms with Gasteiger partial charge >= 0.3 is 6.18 Å². The Balaban J connectivity index is 2.15. The van der Waals surface area contributed by atoms with Gasteiger partial charge in [-0.25, -0.2) is 0 Å². The van der Waals surface area contributed by atoms with Crippen molar-refractivity contribution in [1.82, 2.24) is 0 Å². The summed E-state index contributed by atoms with van der Waals surface area (Å²) in [6, 6.07) is 2.29. The van der Waals surface area contributed by atoms with E-state index in [1.54, 1.807) is 6.07 Å². The SMILES string of the molecule is NC(CCC(F)(F)F)c1cc2c(cc1Cl)OCCO2. The van der Waals surface area contributed by atoms with E-state index in [1.165, 1.54) is 6.07 Å². The number of halogens is 4. The van der Waals surface area contributed by atoms with E-state index in [0.29, 0.717) is 35.3 Å². The largest absolute Gasteiger partial charge is 0.486 e. The number of nitrogens with two attached hydrogens (primary N) is 1. The first-order valence-electron chi connectivity index (χ1n) is 5.78. The zero-order valence-electron chi connectivity index (χ0n) is 9.97. The van der Waals surface area contributed by atoms with E-state index < -0.39 is 18.6 Å². The summed E-state index contributed by atoms with van der Waals surface area (Å²) in [6.07, 6.45) is -5.39. The Kier molecular flexibility index (Phi) is 4.10. The van der Waals surface area contributed by atoms with Gasteiger partial charge in [0.15, 0.2) is 11.5 Å². The van der Waals surface area contributed by atoms with E-state index in [1.807, 2.05) is 0 Å². The Morgan fingerprint density at radius 3 is 2.37 bits per heavy atom. The van der Waals surface area contributed by atoms with E-state index in [2.05, 4.69) is 0 Å². The number of rotatable bonds is 3. The lowest BCUT2D eigenvalue weighted by molar-refractivity contribution is -0.136. The normalized spacial score (nSPS) is 16.3. The quantitative estimate of drug-likeness (QED) is 0.929. The van der Waals surface area contributed by atoms with Gasteiger partial charge in [-0.15, -0.1) is 0 Å². The molecule has 1 aliphatic rings. The average molecular weight is 296 g/mol. The van der Waals surface area contributed by atoms with Gasteiger partial charge in [0.25, 0.3) is 0 Å². The third kappa shape index (κ3) is 3.67. The molecule has 0 amide bonds. The second-order valence-corrected chi connectivity index (χ2v) is 4.68. The Bertz CT molecular complexity index is 465. The molecule has 0 bridgehead atoms. The molecule has 0 saturated heterocycles. The fraction of sp³-hybridized carbons (Fsp3) is 0.500. The van der Waals surface area contributed by atoms with Crippen molar-refractivity contribution in [1.29, 1.82) is 0 Å². The van der Waals surface area contributed by atoms with Crippen LogP contribution in [0.25, 0.3) is 0 Å². The average Bonchev–Trinajstić information content (AvgIpc) is 2.34. The molecule has 106 valence electrons. The maximum Gasteiger partial charge on any atom is 0.389 e. The summed E-state index contributed by atoms with van der Waals surface area (Å²) in [7, 11) is 0. The first-order valence-corrected chi connectivity index (χ1v) is 6.16. The van der Waals surface area contributed by atoms with Crippen LogP contribution in [0.2, 0.25) is 5.02 Å². The molecular formula is C12H13ClF3NO2. The van der Waals surface area contributed by atoms with Gasteiger partial charge < -0.3 is 15.2 Å². The fourth-order valence-corrected chi connectivity index (χ4v) is 2.13. The summed E-state index contributed by atoms with van der Waals surface area (Å²) in [5.74, 6) is 0.955. The van der Waals surface area contributed by atoms with Gasteiger partial charge in [0.2, 0.25) is 0 Å². The van der Waals surface area contributed by atoms with Crippen molar-refractivity contribution in [3.8, 4) is 11.5 Å². The summed E-state index contributed by atoms with van der Waals surface area (Å²) in [5, 5.41) is 0.291. The first-order chi connectivity index (χ1) is 8.87. The van der Waals surface area contributed by atoms with Crippen molar-refractivity contribution < 1.29 is 22.6 Å². The third-order valence-electron chi connectivity index (χ3n) is 2.80. The highest BCUT2D eigenvalue weighted by atomic mass is 35.5. The van der Waals surface area contributed by atoms with Crippen LogP contribution in [0.5, 0.6) is 11.5 Å². The van der Waals surface area contributed by atoms with Crippen molar-refractivity contribution in [3.63, 3.8) is 0 Å². The zero-order chi connectivity index (χ0) is 14.0. The standard InChI is InChI=1S/C12H13ClF3NO2/c13-8-6-11-10(18-3-4-19-11)5-7(8)9(17)1-2-12(14,15)16/h5-6,9H,1-4,17H2. The number of alkyl halides is 3. The van der Waals surface area contributed by atoms with Gasteiger partial charge in [-0.3, -0.25) is 0 Å². The summed E-state index contributed by atoms with van der Waals surface area (Å²) in [6.45, 7) is 0.814. The minimum Gasteiger partial charge on any atom is -0.486 e. The molecule has 0 aliphatic carbocycles. The molecule has 19 heavy (non-hydrogen) atoms. The summed E-state index contributed by atoms with van der Waals surface area (Å²) >= 11 is 6.01. The molecule has 3 nitrogen and oxygen atoms in total. The molecule has 1 aliphatic heterocycles. The van der Waals surface area contributed by atoms with Crippen LogP contribution in [0.1, 0.15) is 24.4 Å². The van der Waals surface area contributed by atoms with Gasteiger partial charge in [0, 0.05) is 23.6 Å². The molecule has 0 fully saturated rings. The zero-order valence-corrected chi connectivity index (χ0v) is 10.7. The highest BCUT2D eigenvalue weighted by Crippen LogP contribution is 2.38. The molecule has 2 rings (SSSR count). The lowest BCUT2D eigenvalue weighted by atomic mass is 10.0. The van der Waals surface area contributed by atoms with Gasteiger partial charge in [-0.1, -0.05) is 11.6 Å². The third-order valence-corrected chi connectivity index (χ3v) is 3.13. The maximum absolute atomic E-state index is 12.2. The second kappa shape index (κ2) is 5.46. The van der Waals surface area contributed by atoms with E-state index in [-0.39, 0.29) is 6.42 Å². The monoisotopic (exact) mass is 295 g/mol. The van der Waals surface area contributed by atoms with Gasteiger partial charge in [-0.2, -0.15) is 13.2 Å².